The smallest absolute Gasteiger partial charge is 0.341 e. The maximum atomic E-state index is 12.8. The number of hydrogen-bond acceptors (Lipinski definition) is 10. The first kappa shape index (κ1) is 27.8. The van der Waals surface area contributed by atoms with Gasteiger partial charge in [0.1, 0.15) is 17.0 Å². The number of likely N-dealkylation sites (N-methyl/N-ethyl adjacent to an activating group) is 2. The number of nitro groups is 1. The molecule has 214 valence electrons. The number of fused-ring (bicyclic) bond motifs is 1. The Labute approximate surface area is 237 Å². The van der Waals surface area contributed by atoms with E-state index < -0.39 is 10.9 Å². The van der Waals surface area contributed by atoms with Gasteiger partial charge in [0, 0.05) is 67.2 Å². The highest BCUT2D eigenvalue weighted by molar-refractivity contribution is 6.03. The van der Waals surface area contributed by atoms with E-state index in [9.17, 15) is 14.9 Å². The van der Waals surface area contributed by atoms with E-state index in [0.29, 0.717) is 35.4 Å². The van der Waals surface area contributed by atoms with Crippen molar-refractivity contribution in [3.63, 3.8) is 0 Å². The lowest BCUT2D eigenvalue weighted by Gasteiger charge is -2.22. The lowest BCUT2D eigenvalue weighted by Crippen LogP contribution is -2.29. The van der Waals surface area contributed by atoms with E-state index in [-0.39, 0.29) is 17.2 Å². The van der Waals surface area contributed by atoms with Crippen LogP contribution in [0.1, 0.15) is 29.2 Å². The molecule has 4 aromatic rings. The number of carbonyl (C=O) groups is 1. The summed E-state index contributed by atoms with van der Waals surface area (Å²) in [5.74, 6) is -0.0276. The van der Waals surface area contributed by atoms with Crippen molar-refractivity contribution in [2.45, 2.75) is 18.9 Å². The Morgan fingerprint density at radius 3 is 2.59 bits per heavy atom. The van der Waals surface area contributed by atoms with Gasteiger partial charge in [-0.05, 0) is 33.0 Å². The van der Waals surface area contributed by atoms with Crippen molar-refractivity contribution < 1.29 is 19.2 Å². The van der Waals surface area contributed by atoms with Gasteiger partial charge in [-0.25, -0.2) is 14.8 Å². The maximum absolute atomic E-state index is 12.8. The molecular formula is C29H33N7O5. The summed E-state index contributed by atoms with van der Waals surface area (Å²) in [6, 6.07) is 11.4. The van der Waals surface area contributed by atoms with Crippen molar-refractivity contribution in [3.05, 3.63) is 64.5 Å². The van der Waals surface area contributed by atoms with Crippen LogP contribution in [0.4, 0.5) is 23.0 Å². The summed E-state index contributed by atoms with van der Waals surface area (Å²) in [5, 5.41) is 16.1. The zero-order chi connectivity index (χ0) is 29.3. The molecule has 0 radical (unpaired) electrons. The maximum Gasteiger partial charge on any atom is 0.341 e. The van der Waals surface area contributed by atoms with E-state index in [1.807, 2.05) is 48.3 Å². The standard InChI is InChI=1S/C29H33N7O5/c1-33(2)12-13-34(3)24-15-26(40-4)22(14-25(24)36(38)39)31-29-30-16-20(28(37)41-5)27(32-29)21-17-35(18-10-11-18)23-9-7-6-8-19(21)23/h6-9,14-18H,10-13H2,1-5H3,(H,30,31,32). The van der Waals surface area contributed by atoms with Crippen LogP contribution < -0.4 is 15.0 Å². The highest BCUT2D eigenvalue weighted by Crippen LogP contribution is 2.42. The molecule has 12 heteroatoms. The van der Waals surface area contributed by atoms with Crippen LogP contribution in [-0.4, -0.2) is 78.8 Å². The zero-order valence-electron chi connectivity index (χ0n) is 23.7. The van der Waals surface area contributed by atoms with E-state index in [2.05, 4.69) is 20.9 Å². The minimum atomic E-state index is -0.562. The van der Waals surface area contributed by atoms with Crippen LogP contribution in [0, 0.1) is 10.1 Å². The Kier molecular flexibility index (Phi) is 7.75. The van der Waals surface area contributed by atoms with Crippen LogP contribution in [0.2, 0.25) is 0 Å². The molecule has 2 aromatic heterocycles. The van der Waals surface area contributed by atoms with Gasteiger partial charge in [0.25, 0.3) is 5.69 Å². The number of ether oxygens (including phenoxy) is 2. The third-order valence-electron chi connectivity index (χ3n) is 7.16. The molecule has 1 N–H and O–H groups in total. The van der Waals surface area contributed by atoms with E-state index >= 15 is 0 Å². The molecule has 2 aromatic carbocycles. The molecule has 1 fully saturated rings. The van der Waals surface area contributed by atoms with Gasteiger partial charge in [-0.1, -0.05) is 18.2 Å². The predicted molar refractivity (Wildman–Crippen MR) is 157 cm³/mol. The van der Waals surface area contributed by atoms with Crippen molar-refractivity contribution >= 4 is 39.9 Å². The fourth-order valence-electron chi connectivity index (χ4n) is 4.82. The molecule has 5 rings (SSSR count). The summed E-state index contributed by atoms with van der Waals surface area (Å²) in [5.41, 5.74) is 3.10. The number of nitro benzene ring substituents is 1. The number of nitrogens with one attached hydrogen (secondary N) is 1. The Morgan fingerprint density at radius 2 is 1.93 bits per heavy atom. The van der Waals surface area contributed by atoms with E-state index in [0.717, 1.165) is 35.9 Å². The number of para-hydroxylation sites is 1. The SMILES string of the molecule is COC(=O)c1cnc(Nc2cc([N+](=O)[O-])c(N(C)CCN(C)C)cc2OC)nc1-c1cn(C2CC2)c2ccccc12. The van der Waals surface area contributed by atoms with Gasteiger partial charge in [-0.2, -0.15) is 0 Å². The second-order valence-corrected chi connectivity index (χ2v) is 10.3. The van der Waals surface area contributed by atoms with Gasteiger partial charge in [0.2, 0.25) is 5.95 Å². The Hall–Kier alpha value is -4.71. The number of esters is 1. The number of methoxy groups -OCH3 is 2. The molecule has 41 heavy (non-hydrogen) atoms. The predicted octanol–water partition coefficient (Wildman–Crippen LogP) is 4.88. The van der Waals surface area contributed by atoms with Crippen molar-refractivity contribution in [2.75, 3.05) is 58.7 Å². The number of carbonyl (C=O) groups excluding carboxylic acids is 1. The number of nitrogens with zero attached hydrogens (tertiary/aromatic N) is 6. The summed E-state index contributed by atoms with van der Waals surface area (Å²) in [6.45, 7) is 1.30. The number of anilines is 3. The largest absolute Gasteiger partial charge is 0.494 e. The van der Waals surface area contributed by atoms with E-state index in [4.69, 9.17) is 14.5 Å². The molecule has 1 aliphatic carbocycles. The first-order chi connectivity index (χ1) is 19.7. The quantitative estimate of drug-likeness (QED) is 0.154. The average molecular weight is 560 g/mol. The van der Waals surface area contributed by atoms with Gasteiger partial charge in [0.05, 0.1) is 30.5 Å². The average Bonchev–Trinajstić information content (AvgIpc) is 3.75. The van der Waals surface area contributed by atoms with E-state index in [1.165, 1.54) is 26.5 Å². The summed E-state index contributed by atoms with van der Waals surface area (Å²) in [4.78, 5) is 37.3. The Balaban J connectivity index is 1.58. The number of aromatic nitrogens is 3. The molecule has 1 saturated carbocycles. The lowest BCUT2D eigenvalue weighted by atomic mass is 10.1. The molecule has 0 saturated heterocycles. The van der Waals surface area contributed by atoms with Crippen LogP contribution in [0.3, 0.4) is 0 Å². The van der Waals surface area contributed by atoms with Gasteiger partial charge in [0.15, 0.2) is 0 Å². The first-order valence-electron chi connectivity index (χ1n) is 13.3. The lowest BCUT2D eigenvalue weighted by molar-refractivity contribution is -0.384. The zero-order valence-corrected chi connectivity index (χ0v) is 23.7. The number of benzene rings is 2. The second kappa shape index (κ2) is 11.4. The molecule has 0 spiro atoms. The fraction of sp³-hybridized carbons (Fsp3) is 0.345. The van der Waals surface area contributed by atoms with Gasteiger partial charge in [-0.3, -0.25) is 10.1 Å². The highest BCUT2D eigenvalue weighted by atomic mass is 16.6. The third kappa shape index (κ3) is 5.64. The summed E-state index contributed by atoms with van der Waals surface area (Å²) < 4.78 is 12.9. The summed E-state index contributed by atoms with van der Waals surface area (Å²) in [6.07, 6.45) is 5.61. The molecule has 0 atom stereocenters. The van der Waals surface area contributed by atoms with Crippen LogP contribution in [0.15, 0.2) is 48.8 Å². The topological polar surface area (TPSA) is 128 Å². The summed E-state index contributed by atoms with van der Waals surface area (Å²) >= 11 is 0. The molecule has 1 aliphatic rings. The normalized spacial score (nSPS) is 12.9. The number of rotatable bonds is 11. The van der Waals surface area contributed by atoms with Crippen molar-refractivity contribution in [1.82, 2.24) is 19.4 Å². The van der Waals surface area contributed by atoms with E-state index in [1.54, 1.807) is 13.1 Å². The molecular weight excluding hydrogens is 526 g/mol. The van der Waals surface area contributed by atoms with Crippen LogP contribution >= 0.6 is 0 Å². The minimum Gasteiger partial charge on any atom is -0.494 e. The molecule has 0 bridgehead atoms. The minimum absolute atomic E-state index is 0.0894. The highest BCUT2D eigenvalue weighted by Gasteiger charge is 2.28. The Morgan fingerprint density at radius 1 is 1.17 bits per heavy atom. The van der Waals surface area contributed by atoms with Crippen molar-refractivity contribution in [1.29, 1.82) is 0 Å². The van der Waals surface area contributed by atoms with Crippen molar-refractivity contribution in [2.24, 2.45) is 0 Å². The molecule has 0 unspecified atom stereocenters. The van der Waals surface area contributed by atoms with Crippen LogP contribution in [-0.2, 0) is 4.74 Å². The second-order valence-electron chi connectivity index (χ2n) is 10.3. The van der Waals surface area contributed by atoms with Gasteiger partial charge in [-0.15, -0.1) is 0 Å². The third-order valence-corrected chi connectivity index (χ3v) is 7.16. The monoisotopic (exact) mass is 559 g/mol. The van der Waals surface area contributed by atoms with Gasteiger partial charge >= 0.3 is 5.97 Å². The molecule has 2 heterocycles. The van der Waals surface area contributed by atoms with Crippen LogP contribution in [0.5, 0.6) is 5.75 Å². The van der Waals surface area contributed by atoms with Gasteiger partial charge < -0.3 is 29.2 Å². The first-order valence-corrected chi connectivity index (χ1v) is 13.3. The fourth-order valence-corrected chi connectivity index (χ4v) is 4.82. The molecule has 0 amide bonds. The number of hydrogen-bond donors (Lipinski definition) is 1. The summed E-state index contributed by atoms with van der Waals surface area (Å²) in [7, 11) is 8.50. The molecule has 12 nitrogen and oxygen atoms in total. The van der Waals surface area contributed by atoms with Crippen LogP contribution in [0.25, 0.3) is 22.2 Å². The van der Waals surface area contributed by atoms with Crippen molar-refractivity contribution in [3.8, 4) is 17.0 Å². The molecule has 0 aliphatic heterocycles. The Bertz CT molecular complexity index is 1610.